The smallest absolute Gasteiger partial charge is 0.272 e. The molecule has 0 spiro atoms. The fourth-order valence-electron chi connectivity index (χ4n) is 0.650. The van der Waals surface area contributed by atoms with Crippen LogP contribution in [0.5, 0.6) is 0 Å². The molecule has 0 aliphatic carbocycles. The van der Waals surface area contributed by atoms with Crippen molar-refractivity contribution in [2.75, 3.05) is 0 Å². The molecule has 0 aromatic carbocycles. The summed E-state index contributed by atoms with van der Waals surface area (Å²) < 4.78 is 36.1. The van der Waals surface area contributed by atoms with Crippen LogP contribution < -0.4 is 5.14 Å². The van der Waals surface area contributed by atoms with E-state index in [0.717, 1.165) is 18.3 Å². The summed E-state index contributed by atoms with van der Waals surface area (Å²) in [5, 5.41) is 5.21. The van der Waals surface area contributed by atoms with Gasteiger partial charge in [-0.2, -0.15) is 13.2 Å². The molecule has 0 radical (unpaired) electrons. The van der Waals surface area contributed by atoms with Crippen LogP contribution in [0.2, 0.25) is 0 Å². The first-order valence-electron chi connectivity index (χ1n) is 2.94. The van der Waals surface area contributed by atoms with Crippen molar-refractivity contribution < 1.29 is 13.2 Å². The fourth-order valence-corrected chi connectivity index (χ4v) is 0.967. The van der Waals surface area contributed by atoms with Crippen molar-refractivity contribution in [3.63, 3.8) is 0 Å². The van der Waals surface area contributed by atoms with E-state index in [1.807, 2.05) is 0 Å². The molecule has 2 N–H and O–H groups in total. The number of alkyl halides is 3. The first kappa shape index (κ1) is 9.34. The van der Waals surface area contributed by atoms with Gasteiger partial charge >= 0.3 is 6.18 Å². The van der Waals surface area contributed by atoms with Crippen LogP contribution in [0.3, 0.4) is 0 Å². The quantitative estimate of drug-likeness (QED) is 0.695. The van der Waals surface area contributed by atoms with Gasteiger partial charge in [-0.25, -0.2) is 4.98 Å². The maximum Gasteiger partial charge on any atom is 0.416 e. The zero-order chi connectivity index (χ0) is 9.19. The molecule has 1 rings (SSSR count). The van der Waals surface area contributed by atoms with Gasteiger partial charge in [0.05, 0.1) is 5.56 Å². The molecule has 2 nitrogen and oxygen atoms in total. The molecular formula is C6H5F3N2S. The Morgan fingerprint density at radius 2 is 2.08 bits per heavy atom. The molecule has 0 unspecified atom stereocenters. The number of hydrogen-bond acceptors (Lipinski definition) is 3. The van der Waals surface area contributed by atoms with E-state index in [2.05, 4.69) is 4.98 Å². The Balaban J connectivity index is 3.02. The minimum absolute atomic E-state index is 0.157. The number of nitrogens with zero attached hydrogens (tertiary/aromatic N) is 1. The normalized spacial score (nSPS) is 11.7. The number of aromatic nitrogens is 1. The Labute approximate surface area is 71.1 Å². The van der Waals surface area contributed by atoms with Crippen molar-refractivity contribution in [3.8, 4) is 0 Å². The van der Waals surface area contributed by atoms with Gasteiger partial charge in [0, 0.05) is 6.20 Å². The Morgan fingerprint density at radius 3 is 2.58 bits per heavy atom. The Kier molecular flexibility index (Phi) is 2.58. The second-order valence-electron chi connectivity index (χ2n) is 2.00. The molecule has 66 valence electrons. The first-order valence-corrected chi connectivity index (χ1v) is 3.82. The monoisotopic (exact) mass is 194 g/mol. The second kappa shape index (κ2) is 3.32. The molecule has 0 aliphatic heterocycles. The van der Waals surface area contributed by atoms with Crippen LogP contribution in [0, 0.1) is 0 Å². The van der Waals surface area contributed by atoms with Gasteiger partial charge in [-0.15, -0.1) is 0 Å². The molecule has 0 saturated carbocycles. The van der Waals surface area contributed by atoms with Crippen LogP contribution in [0.1, 0.15) is 5.56 Å². The minimum atomic E-state index is -4.33. The molecule has 1 heterocycles. The maximum absolute atomic E-state index is 12.0. The summed E-state index contributed by atoms with van der Waals surface area (Å²) in [6.07, 6.45) is -3.24. The van der Waals surface area contributed by atoms with E-state index in [0.29, 0.717) is 11.9 Å². The zero-order valence-corrected chi connectivity index (χ0v) is 6.62. The van der Waals surface area contributed by atoms with Crippen LogP contribution in [-0.2, 0) is 6.18 Å². The number of hydrogen-bond donors (Lipinski definition) is 1. The van der Waals surface area contributed by atoms with Gasteiger partial charge in [0.25, 0.3) is 0 Å². The summed E-state index contributed by atoms with van der Waals surface area (Å²) in [5.74, 6) is 0. The average molecular weight is 194 g/mol. The highest BCUT2D eigenvalue weighted by molar-refractivity contribution is 7.97. The SMILES string of the molecule is NSc1cc(C(F)(F)F)ccn1. The van der Waals surface area contributed by atoms with Crippen molar-refractivity contribution in [1.29, 1.82) is 0 Å². The van der Waals surface area contributed by atoms with E-state index in [4.69, 9.17) is 5.14 Å². The summed E-state index contributed by atoms with van der Waals surface area (Å²) in [4.78, 5) is 3.61. The van der Waals surface area contributed by atoms with Gasteiger partial charge in [0.2, 0.25) is 0 Å². The van der Waals surface area contributed by atoms with Gasteiger partial charge in [-0.1, -0.05) is 0 Å². The molecule has 0 aliphatic rings. The third kappa shape index (κ3) is 2.12. The summed E-state index contributed by atoms with van der Waals surface area (Å²) >= 11 is 0.688. The lowest BCUT2D eigenvalue weighted by atomic mass is 10.3. The minimum Gasteiger partial charge on any atom is -0.272 e. The van der Waals surface area contributed by atoms with Crippen molar-refractivity contribution in [2.45, 2.75) is 11.2 Å². The molecule has 1 aromatic rings. The Hall–Kier alpha value is -0.750. The van der Waals surface area contributed by atoms with E-state index in [-0.39, 0.29) is 5.03 Å². The number of rotatable bonds is 1. The molecule has 1 aromatic heterocycles. The molecule has 0 bridgehead atoms. The maximum atomic E-state index is 12.0. The molecule has 0 fully saturated rings. The Morgan fingerprint density at radius 1 is 1.42 bits per heavy atom. The van der Waals surface area contributed by atoms with Crippen LogP contribution in [0.4, 0.5) is 13.2 Å². The highest BCUT2D eigenvalue weighted by Gasteiger charge is 2.30. The van der Waals surface area contributed by atoms with E-state index in [1.54, 1.807) is 0 Å². The average Bonchev–Trinajstić information content (AvgIpc) is 2.03. The van der Waals surface area contributed by atoms with Gasteiger partial charge in [0.15, 0.2) is 0 Å². The van der Waals surface area contributed by atoms with Gasteiger partial charge in [-0.05, 0) is 24.1 Å². The van der Waals surface area contributed by atoms with Crippen molar-refractivity contribution >= 4 is 11.9 Å². The zero-order valence-electron chi connectivity index (χ0n) is 5.80. The predicted octanol–water partition coefficient (Wildman–Crippen LogP) is 2.07. The lowest BCUT2D eigenvalue weighted by molar-refractivity contribution is -0.137. The molecule has 6 heteroatoms. The van der Waals surface area contributed by atoms with Crippen LogP contribution in [-0.4, -0.2) is 4.98 Å². The third-order valence-electron chi connectivity index (χ3n) is 1.18. The molecular weight excluding hydrogens is 189 g/mol. The van der Waals surface area contributed by atoms with E-state index < -0.39 is 11.7 Å². The molecule has 0 atom stereocenters. The standard InChI is InChI=1S/C6H5F3N2S/c7-6(8,9)4-1-2-11-5(3-4)12-10/h1-3H,10H2. The summed E-state index contributed by atoms with van der Waals surface area (Å²) in [6.45, 7) is 0. The third-order valence-corrected chi connectivity index (χ3v) is 1.65. The van der Waals surface area contributed by atoms with E-state index >= 15 is 0 Å². The van der Waals surface area contributed by atoms with E-state index in [9.17, 15) is 13.2 Å². The predicted molar refractivity (Wildman–Crippen MR) is 39.3 cm³/mol. The van der Waals surface area contributed by atoms with Gasteiger partial charge in [0.1, 0.15) is 5.03 Å². The van der Waals surface area contributed by atoms with E-state index in [1.165, 1.54) is 0 Å². The summed E-state index contributed by atoms with van der Waals surface area (Å²) in [6, 6.07) is 1.81. The second-order valence-corrected chi connectivity index (χ2v) is 2.65. The summed E-state index contributed by atoms with van der Waals surface area (Å²) in [5.41, 5.74) is -0.731. The van der Waals surface area contributed by atoms with Crippen LogP contribution >= 0.6 is 11.9 Å². The highest BCUT2D eigenvalue weighted by atomic mass is 32.2. The molecule has 0 saturated heterocycles. The van der Waals surface area contributed by atoms with Crippen LogP contribution in [0.15, 0.2) is 23.4 Å². The number of pyridine rings is 1. The number of nitrogens with two attached hydrogens (primary N) is 1. The van der Waals surface area contributed by atoms with Crippen LogP contribution in [0.25, 0.3) is 0 Å². The summed E-state index contributed by atoms with van der Waals surface area (Å²) in [7, 11) is 0. The first-order chi connectivity index (χ1) is 5.54. The lowest BCUT2D eigenvalue weighted by Crippen LogP contribution is -2.05. The van der Waals surface area contributed by atoms with Gasteiger partial charge in [-0.3, -0.25) is 5.14 Å². The van der Waals surface area contributed by atoms with Gasteiger partial charge < -0.3 is 0 Å². The lowest BCUT2D eigenvalue weighted by Gasteiger charge is -2.05. The molecule has 0 amide bonds. The largest absolute Gasteiger partial charge is 0.416 e. The van der Waals surface area contributed by atoms with Crippen molar-refractivity contribution in [3.05, 3.63) is 23.9 Å². The highest BCUT2D eigenvalue weighted by Crippen LogP contribution is 2.29. The topological polar surface area (TPSA) is 38.9 Å². The fraction of sp³-hybridized carbons (Fsp3) is 0.167. The van der Waals surface area contributed by atoms with Crippen molar-refractivity contribution in [2.24, 2.45) is 5.14 Å². The number of halogens is 3. The Bertz CT molecular complexity index is 274. The molecule has 12 heavy (non-hydrogen) atoms. The van der Waals surface area contributed by atoms with Crippen molar-refractivity contribution in [1.82, 2.24) is 4.98 Å².